The van der Waals surface area contributed by atoms with E-state index in [-0.39, 0.29) is 0 Å². The molecule has 8 heteroatoms. The van der Waals surface area contributed by atoms with E-state index in [9.17, 15) is 4.21 Å². The number of aryl methyl sites for hydroxylation is 1. The molecular formula is C27H35N5OS2. The van der Waals surface area contributed by atoms with E-state index in [0.717, 1.165) is 18.7 Å². The van der Waals surface area contributed by atoms with Crippen molar-refractivity contribution in [3.63, 3.8) is 0 Å². The lowest BCUT2D eigenvalue weighted by atomic mass is 9.91. The van der Waals surface area contributed by atoms with Crippen LogP contribution in [0.2, 0.25) is 0 Å². The lowest BCUT2D eigenvalue weighted by Gasteiger charge is -2.31. The van der Waals surface area contributed by atoms with Crippen LogP contribution < -0.4 is 0 Å². The molecule has 4 aromatic heterocycles. The van der Waals surface area contributed by atoms with Gasteiger partial charge in [0.15, 0.2) is 5.65 Å². The van der Waals surface area contributed by atoms with Gasteiger partial charge in [0.1, 0.15) is 11.2 Å². The summed E-state index contributed by atoms with van der Waals surface area (Å²) in [5.41, 5.74) is 7.20. The SMILES string of the molecule is C=S(C)(=O)CCN1C[C@@H]2CC1C[C@H]2c1cc2c(C(C)C)c(-c3cn4ncnc4c(C)c3C)[nH]c2s1. The maximum Gasteiger partial charge on any atom is 0.158 e. The average Bonchev–Trinajstić information content (AvgIpc) is 3.58. The normalized spacial score (nSPS) is 24.3. The Kier molecular flexibility index (Phi) is 5.44. The first-order valence-corrected chi connectivity index (χ1v) is 15.7. The van der Waals surface area contributed by atoms with Crippen molar-refractivity contribution in [1.29, 1.82) is 0 Å². The second kappa shape index (κ2) is 8.18. The summed E-state index contributed by atoms with van der Waals surface area (Å²) in [7, 11) is -1.91. The molecule has 35 heavy (non-hydrogen) atoms. The van der Waals surface area contributed by atoms with Gasteiger partial charge in [0, 0.05) is 53.2 Å². The molecule has 0 amide bonds. The highest BCUT2D eigenvalue weighted by Crippen LogP contribution is 2.51. The third-order valence-electron chi connectivity index (χ3n) is 8.35. The van der Waals surface area contributed by atoms with Crippen molar-refractivity contribution in [1.82, 2.24) is 24.5 Å². The number of aromatic amines is 1. The highest BCUT2D eigenvalue weighted by Gasteiger charge is 2.45. The molecule has 6 rings (SSSR count). The van der Waals surface area contributed by atoms with Gasteiger partial charge in [-0.2, -0.15) is 5.10 Å². The van der Waals surface area contributed by atoms with Crippen LogP contribution in [-0.2, 0) is 9.52 Å². The van der Waals surface area contributed by atoms with Crippen LogP contribution in [0, 0.1) is 19.8 Å². The minimum absolute atomic E-state index is 0.412. The average molecular weight is 510 g/mol. The maximum absolute atomic E-state index is 12.1. The summed E-state index contributed by atoms with van der Waals surface area (Å²) in [4.78, 5) is 13.6. The summed E-state index contributed by atoms with van der Waals surface area (Å²) in [5.74, 6) is 6.32. The van der Waals surface area contributed by atoms with Crippen LogP contribution in [0.3, 0.4) is 0 Å². The fourth-order valence-corrected chi connectivity index (χ4v) is 8.35. The maximum atomic E-state index is 12.1. The molecule has 0 radical (unpaired) electrons. The van der Waals surface area contributed by atoms with Crippen molar-refractivity contribution in [3.05, 3.63) is 40.2 Å². The molecule has 5 heterocycles. The van der Waals surface area contributed by atoms with Crippen molar-refractivity contribution in [2.75, 3.05) is 25.1 Å². The Morgan fingerprint density at radius 3 is 2.77 bits per heavy atom. The third-order valence-corrected chi connectivity index (χ3v) is 10.6. The molecular weight excluding hydrogens is 474 g/mol. The molecule has 4 atom stereocenters. The predicted octanol–water partition coefficient (Wildman–Crippen LogP) is 5.20. The smallest absolute Gasteiger partial charge is 0.158 e. The van der Waals surface area contributed by atoms with Crippen LogP contribution in [0.25, 0.3) is 27.1 Å². The van der Waals surface area contributed by atoms with Crippen LogP contribution in [0.15, 0.2) is 18.6 Å². The summed E-state index contributed by atoms with van der Waals surface area (Å²) >= 11 is 1.95. The van der Waals surface area contributed by atoms with Crippen LogP contribution in [0.5, 0.6) is 0 Å². The Balaban J connectivity index is 1.33. The molecule has 2 bridgehead atoms. The number of hydrogen-bond donors (Lipinski definition) is 1. The van der Waals surface area contributed by atoms with Crippen molar-refractivity contribution in [2.24, 2.45) is 5.92 Å². The van der Waals surface area contributed by atoms with E-state index in [0.29, 0.717) is 29.5 Å². The van der Waals surface area contributed by atoms with E-state index in [1.165, 1.54) is 55.9 Å². The van der Waals surface area contributed by atoms with Crippen molar-refractivity contribution >= 4 is 42.6 Å². The summed E-state index contributed by atoms with van der Waals surface area (Å²) < 4.78 is 14.0. The van der Waals surface area contributed by atoms with Crippen LogP contribution in [-0.4, -0.2) is 65.7 Å². The van der Waals surface area contributed by atoms with Crippen LogP contribution in [0.4, 0.5) is 0 Å². The van der Waals surface area contributed by atoms with Gasteiger partial charge in [0.05, 0.1) is 5.69 Å². The number of likely N-dealkylation sites (tertiary alicyclic amines) is 1. The Morgan fingerprint density at radius 1 is 1.29 bits per heavy atom. The quantitative estimate of drug-likeness (QED) is 0.363. The highest BCUT2D eigenvalue weighted by atomic mass is 32.2. The first kappa shape index (κ1) is 23.3. The number of rotatable bonds is 6. The first-order chi connectivity index (χ1) is 16.6. The summed E-state index contributed by atoms with van der Waals surface area (Å²) in [5, 5.41) is 5.80. The van der Waals surface area contributed by atoms with Gasteiger partial charge in [0.2, 0.25) is 0 Å². The van der Waals surface area contributed by atoms with E-state index < -0.39 is 9.52 Å². The van der Waals surface area contributed by atoms with Gasteiger partial charge in [0.25, 0.3) is 0 Å². The Labute approximate surface area is 211 Å². The van der Waals surface area contributed by atoms with Crippen molar-refractivity contribution in [3.8, 4) is 11.3 Å². The second-order valence-electron chi connectivity index (χ2n) is 11.2. The highest BCUT2D eigenvalue weighted by molar-refractivity contribution is 7.99. The van der Waals surface area contributed by atoms with Gasteiger partial charge in [-0.1, -0.05) is 13.8 Å². The van der Waals surface area contributed by atoms with Gasteiger partial charge in [-0.25, -0.2) is 9.50 Å². The fraction of sp³-hybridized carbons (Fsp3) is 0.519. The Bertz CT molecular complexity index is 1540. The minimum atomic E-state index is -1.91. The number of H-pyrrole nitrogens is 1. The molecule has 2 aliphatic rings. The Morgan fingerprint density at radius 2 is 2.09 bits per heavy atom. The van der Waals surface area contributed by atoms with E-state index in [1.54, 1.807) is 12.6 Å². The number of fused-ring (bicyclic) bond motifs is 4. The minimum Gasteiger partial charge on any atom is -0.346 e. The number of piperidine rings is 1. The van der Waals surface area contributed by atoms with Crippen molar-refractivity contribution < 1.29 is 4.21 Å². The van der Waals surface area contributed by atoms with Crippen LogP contribution >= 0.6 is 11.3 Å². The zero-order valence-corrected chi connectivity index (χ0v) is 22.9. The zero-order valence-electron chi connectivity index (χ0n) is 21.3. The molecule has 2 fully saturated rings. The van der Waals surface area contributed by atoms with Gasteiger partial charge in [-0.15, -0.1) is 11.3 Å². The van der Waals surface area contributed by atoms with Crippen molar-refractivity contribution in [2.45, 2.75) is 58.4 Å². The lowest BCUT2D eigenvalue weighted by molar-refractivity contribution is 0.212. The number of pyridine rings is 1. The van der Waals surface area contributed by atoms with E-state index in [2.05, 4.69) is 65.8 Å². The third kappa shape index (κ3) is 3.85. The van der Waals surface area contributed by atoms with Gasteiger partial charge >= 0.3 is 0 Å². The van der Waals surface area contributed by atoms with E-state index in [1.807, 2.05) is 15.9 Å². The van der Waals surface area contributed by atoms with Gasteiger partial charge in [-0.05, 0) is 82.6 Å². The van der Waals surface area contributed by atoms with Gasteiger partial charge < -0.3 is 4.98 Å². The summed E-state index contributed by atoms with van der Waals surface area (Å²) in [6, 6.07) is 3.11. The molecule has 1 aliphatic carbocycles. The Hall–Kier alpha value is -2.16. The molecule has 6 nitrogen and oxygen atoms in total. The standard InChI is InChI=1S/C27H35N5OS2/c1-15(2)24-21-11-23(20-10-19-9-18(20)12-31(19)7-8-35(5,6)33)34-27(21)30-25(24)22-13-32-26(28-14-29-32)17(4)16(22)3/h11,13-15,18-20,30H,5,7-10,12H2,1-4,6H3/t18-,19?,20+,35?/m0/s1. The molecule has 1 saturated carbocycles. The molecule has 2 unspecified atom stereocenters. The number of aromatic nitrogens is 4. The van der Waals surface area contributed by atoms with Gasteiger partial charge in [-0.3, -0.25) is 9.11 Å². The number of thiophene rings is 1. The van der Waals surface area contributed by atoms with Crippen LogP contribution in [0.1, 0.15) is 60.1 Å². The molecule has 4 aromatic rings. The second-order valence-corrected chi connectivity index (χ2v) is 15.0. The fourth-order valence-electron chi connectivity index (χ4n) is 6.45. The first-order valence-electron chi connectivity index (χ1n) is 12.6. The number of nitrogens with one attached hydrogen (secondary N) is 1. The van der Waals surface area contributed by atoms with E-state index >= 15 is 0 Å². The summed E-state index contributed by atoms with van der Waals surface area (Å²) in [6.07, 6.45) is 8.03. The van der Waals surface area contributed by atoms with E-state index in [4.69, 9.17) is 0 Å². The number of nitrogens with zero attached hydrogens (tertiary/aromatic N) is 4. The molecule has 0 aromatic carbocycles. The number of hydrogen-bond acceptors (Lipinski definition) is 5. The molecule has 1 saturated heterocycles. The lowest BCUT2D eigenvalue weighted by Crippen LogP contribution is -2.37. The largest absolute Gasteiger partial charge is 0.346 e. The summed E-state index contributed by atoms with van der Waals surface area (Å²) in [6.45, 7) is 11.0. The molecule has 1 N–H and O–H groups in total. The zero-order chi connectivity index (χ0) is 24.6. The predicted molar refractivity (Wildman–Crippen MR) is 149 cm³/mol. The molecule has 0 spiro atoms. The monoisotopic (exact) mass is 509 g/mol. The topological polar surface area (TPSA) is 66.3 Å². The molecule has 186 valence electrons. The molecule has 1 aliphatic heterocycles.